The Morgan fingerprint density at radius 2 is 1.88 bits per heavy atom. The molecular formula is C12H16FNO2S. The predicted molar refractivity (Wildman–Crippen MR) is 64.9 cm³/mol. The fourth-order valence-electron chi connectivity index (χ4n) is 2.43. The number of nitrogens with two attached hydrogens (primary N) is 1. The molecule has 0 spiro atoms. The first-order valence-corrected chi connectivity index (χ1v) is 7.40. The maximum atomic E-state index is 12.8. The molecule has 2 N–H and O–H groups in total. The molecule has 1 aromatic rings. The zero-order chi connectivity index (χ0) is 12.6. The largest absolute Gasteiger partial charge is 0.330 e. The number of hydrogen-bond donors (Lipinski definition) is 1. The zero-order valence-electron chi connectivity index (χ0n) is 9.64. The monoisotopic (exact) mass is 257 g/mol. The van der Waals surface area contributed by atoms with Crippen LogP contribution >= 0.6 is 0 Å². The lowest BCUT2D eigenvalue weighted by Gasteiger charge is -2.00. The molecule has 1 aromatic carbocycles. The third-order valence-electron chi connectivity index (χ3n) is 3.44. The maximum Gasteiger partial charge on any atom is 0.153 e. The van der Waals surface area contributed by atoms with Gasteiger partial charge in [0.2, 0.25) is 0 Å². The summed E-state index contributed by atoms with van der Waals surface area (Å²) in [7, 11) is -3.07. The lowest BCUT2D eigenvalue weighted by molar-refractivity contribution is 0.593. The van der Waals surface area contributed by atoms with Crippen LogP contribution in [0.3, 0.4) is 0 Å². The van der Waals surface area contributed by atoms with Crippen LogP contribution < -0.4 is 5.73 Å². The molecule has 1 saturated carbocycles. The van der Waals surface area contributed by atoms with Crippen molar-refractivity contribution in [3.05, 3.63) is 35.6 Å². The molecule has 2 rings (SSSR count). The molecule has 94 valence electrons. The van der Waals surface area contributed by atoms with E-state index in [0.717, 1.165) is 5.56 Å². The summed E-state index contributed by atoms with van der Waals surface area (Å²) in [4.78, 5) is 0. The van der Waals surface area contributed by atoms with E-state index < -0.39 is 9.84 Å². The fraction of sp³-hybridized carbons (Fsp3) is 0.500. The summed E-state index contributed by atoms with van der Waals surface area (Å²) in [6.07, 6.45) is 0. The second kappa shape index (κ2) is 4.38. The Labute approximate surface area is 101 Å². The van der Waals surface area contributed by atoms with Gasteiger partial charge in [0.05, 0.1) is 5.25 Å². The minimum absolute atomic E-state index is 0.0228. The predicted octanol–water partition coefficient (Wildman–Crippen LogP) is 1.30. The Kier molecular flexibility index (Phi) is 3.23. The van der Waals surface area contributed by atoms with Gasteiger partial charge in [0.25, 0.3) is 0 Å². The van der Waals surface area contributed by atoms with Crippen LogP contribution in [0.1, 0.15) is 18.4 Å². The summed E-state index contributed by atoms with van der Waals surface area (Å²) in [6.45, 7) is 1.99. The first kappa shape index (κ1) is 12.5. The summed E-state index contributed by atoms with van der Waals surface area (Å²) in [5, 5.41) is -0.386. The lowest BCUT2D eigenvalue weighted by Crippen LogP contribution is -2.15. The van der Waals surface area contributed by atoms with Crippen molar-refractivity contribution >= 4 is 9.84 Å². The number of rotatable bonds is 4. The van der Waals surface area contributed by atoms with Crippen molar-refractivity contribution in [2.45, 2.75) is 18.1 Å². The van der Waals surface area contributed by atoms with Gasteiger partial charge in [0.1, 0.15) is 5.82 Å². The van der Waals surface area contributed by atoms with E-state index in [2.05, 4.69) is 0 Å². The van der Waals surface area contributed by atoms with Crippen molar-refractivity contribution in [2.24, 2.45) is 11.7 Å². The summed E-state index contributed by atoms with van der Waals surface area (Å²) < 4.78 is 36.5. The minimum Gasteiger partial charge on any atom is -0.330 e. The zero-order valence-corrected chi connectivity index (χ0v) is 10.5. The van der Waals surface area contributed by atoms with E-state index in [0.29, 0.717) is 6.54 Å². The number of sulfone groups is 1. The maximum absolute atomic E-state index is 12.8. The molecule has 1 fully saturated rings. The second-order valence-electron chi connectivity index (χ2n) is 4.39. The van der Waals surface area contributed by atoms with Gasteiger partial charge < -0.3 is 5.73 Å². The molecule has 3 atom stereocenters. The molecule has 0 aliphatic heterocycles. The highest BCUT2D eigenvalue weighted by molar-refractivity contribution is 7.92. The Morgan fingerprint density at radius 3 is 2.35 bits per heavy atom. The molecule has 1 aliphatic carbocycles. The third kappa shape index (κ3) is 2.21. The Hall–Kier alpha value is -0.940. The molecule has 3 nitrogen and oxygen atoms in total. The number of hydrogen-bond acceptors (Lipinski definition) is 3. The Balaban J connectivity index is 2.26. The van der Waals surface area contributed by atoms with Crippen molar-refractivity contribution in [3.63, 3.8) is 0 Å². The molecule has 0 bridgehead atoms. The van der Waals surface area contributed by atoms with Crippen molar-refractivity contribution < 1.29 is 12.8 Å². The average Bonchev–Trinajstić information content (AvgIpc) is 3.05. The van der Waals surface area contributed by atoms with Crippen LogP contribution in [0.4, 0.5) is 4.39 Å². The van der Waals surface area contributed by atoms with Crippen LogP contribution in [0, 0.1) is 11.7 Å². The SMILES string of the molecule is CCS(=O)(=O)[C@H]1[C@H](CN)[C@@H]1c1ccc(F)cc1. The highest BCUT2D eigenvalue weighted by Crippen LogP contribution is 2.51. The van der Waals surface area contributed by atoms with Crippen LogP contribution in [-0.4, -0.2) is 26.0 Å². The van der Waals surface area contributed by atoms with Crippen LogP contribution in [0.25, 0.3) is 0 Å². The van der Waals surface area contributed by atoms with Gasteiger partial charge in [-0.1, -0.05) is 19.1 Å². The first-order valence-electron chi connectivity index (χ1n) is 5.68. The number of halogens is 1. The van der Waals surface area contributed by atoms with Gasteiger partial charge in [-0.15, -0.1) is 0 Å². The van der Waals surface area contributed by atoms with Gasteiger partial charge in [-0.2, -0.15) is 0 Å². The average molecular weight is 257 g/mol. The quantitative estimate of drug-likeness (QED) is 0.884. The minimum atomic E-state index is -3.07. The fourth-order valence-corrected chi connectivity index (χ4v) is 4.34. The van der Waals surface area contributed by atoms with Crippen LogP contribution in [0.5, 0.6) is 0 Å². The van der Waals surface area contributed by atoms with Crippen molar-refractivity contribution in [1.82, 2.24) is 0 Å². The molecular weight excluding hydrogens is 241 g/mol. The van der Waals surface area contributed by atoms with E-state index in [9.17, 15) is 12.8 Å². The van der Waals surface area contributed by atoms with Crippen LogP contribution in [-0.2, 0) is 9.84 Å². The van der Waals surface area contributed by atoms with E-state index >= 15 is 0 Å². The van der Waals surface area contributed by atoms with Crippen LogP contribution in [0.15, 0.2) is 24.3 Å². The van der Waals surface area contributed by atoms with Gasteiger partial charge in [-0.25, -0.2) is 12.8 Å². The first-order chi connectivity index (χ1) is 8.01. The van der Waals surface area contributed by atoms with Crippen molar-refractivity contribution in [1.29, 1.82) is 0 Å². The molecule has 17 heavy (non-hydrogen) atoms. The molecule has 0 amide bonds. The van der Waals surface area contributed by atoms with Gasteiger partial charge in [0, 0.05) is 11.7 Å². The third-order valence-corrected chi connectivity index (χ3v) is 5.72. The molecule has 0 radical (unpaired) electrons. The summed E-state index contributed by atoms with van der Waals surface area (Å²) in [5.74, 6) is -0.268. The molecule has 0 unspecified atom stereocenters. The smallest absolute Gasteiger partial charge is 0.153 e. The lowest BCUT2D eigenvalue weighted by atomic mass is 10.1. The van der Waals surface area contributed by atoms with Gasteiger partial charge in [-0.3, -0.25) is 0 Å². The topological polar surface area (TPSA) is 60.2 Å². The molecule has 0 heterocycles. The van der Waals surface area contributed by atoms with Crippen molar-refractivity contribution in [2.75, 3.05) is 12.3 Å². The highest BCUT2D eigenvalue weighted by Gasteiger charge is 2.56. The highest BCUT2D eigenvalue weighted by atomic mass is 32.2. The molecule has 5 heteroatoms. The normalized spacial score (nSPS) is 28.1. The van der Waals surface area contributed by atoms with Gasteiger partial charge in [0.15, 0.2) is 9.84 Å². The summed E-state index contributed by atoms with van der Waals surface area (Å²) in [5.41, 5.74) is 6.46. The van der Waals surface area contributed by atoms with Gasteiger partial charge >= 0.3 is 0 Å². The van der Waals surface area contributed by atoms with E-state index in [-0.39, 0.29) is 28.7 Å². The van der Waals surface area contributed by atoms with Crippen LogP contribution in [0.2, 0.25) is 0 Å². The van der Waals surface area contributed by atoms with E-state index in [1.165, 1.54) is 12.1 Å². The standard InChI is InChI=1S/C12H16FNO2S/c1-2-17(15,16)12-10(7-14)11(12)8-3-5-9(13)6-4-8/h3-6,10-12H,2,7,14H2,1H3/t10-,11+,12+/m1/s1. The molecule has 1 aliphatic rings. The Bertz CT molecular complexity index is 498. The van der Waals surface area contributed by atoms with Gasteiger partial charge in [-0.05, 0) is 30.2 Å². The summed E-state index contributed by atoms with van der Waals surface area (Å²) in [6, 6.07) is 6.01. The summed E-state index contributed by atoms with van der Waals surface area (Å²) >= 11 is 0. The second-order valence-corrected chi connectivity index (χ2v) is 6.84. The molecule has 0 saturated heterocycles. The molecule has 0 aromatic heterocycles. The van der Waals surface area contributed by atoms with Crippen molar-refractivity contribution in [3.8, 4) is 0 Å². The Morgan fingerprint density at radius 1 is 1.29 bits per heavy atom. The van der Waals surface area contributed by atoms with E-state index in [1.54, 1.807) is 19.1 Å². The van der Waals surface area contributed by atoms with E-state index in [1.807, 2.05) is 0 Å². The van der Waals surface area contributed by atoms with E-state index in [4.69, 9.17) is 5.73 Å². The number of benzene rings is 1.